The van der Waals surface area contributed by atoms with E-state index in [2.05, 4.69) is 9.98 Å². The number of benzene rings is 1. The van der Waals surface area contributed by atoms with Gasteiger partial charge in [0.15, 0.2) is 5.16 Å². The van der Waals surface area contributed by atoms with Crippen molar-refractivity contribution in [1.29, 1.82) is 0 Å². The van der Waals surface area contributed by atoms with Gasteiger partial charge in [0, 0.05) is 11.9 Å². The fourth-order valence-electron chi connectivity index (χ4n) is 2.37. The molecule has 0 N–H and O–H groups in total. The quantitative estimate of drug-likeness (QED) is 0.698. The smallest absolute Gasteiger partial charge is 0.298 e. The monoisotopic (exact) mass is 310 g/mol. The summed E-state index contributed by atoms with van der Waals surface area (Å²) in [5.74, 6) is 0.761. The molecule has 0 saturated carbocycles. The molecule has 0 radical (unpaired) electrons. The molecule has 2 aromatic heterocycles. The predicted octanol–water partition coefficient (Wildman–Crippen LogP) is 2.96. The number of pyridine rings is 1. The minimum Gasteiger partial charge on any atom is -0.463 e. The molecule has 4 rings (SSSR count). The number of hydrogen-bond donors (Lipinski definition) is 0. The Morgan fingerprint density at radius 1 is 1.14 bits per heavy atom. The Labute approximate surface area is 132 Å². The number of rotatable bonds is 3. The van der Waals surface area contributed by atoms with Crippen LogP contribution in [0.3, 0.4) is 0 Å². The summed E-state index contributed by atoms with van der Waals surface area (Å²) in [4.78, 5) is 13.5. The molecule has 3 aromatic rings. The molecule has 0 amide bonds. The van der Waals surface area contributed by atoms with Gasteiger partial charge in [-0.1, -0.05) is 30.0 Å². The summed E-state index contributed by atoms with van der Waals surface area (Å²) in [6.45, 7) is 1.33. The first-order chi connectivity index (χ1) is 10.9. The van der Waals surface area contributed by atoms with E-state index in [1.807, 2.05) is 53.2 Å². The van der Waals surface area contributed by atoms with Crippen molar-refractivity contribution >= 4 is 28.8 Å². The van der Waals surface area contributed by atoms with E-state index in [0.29, 0.717) is 19.2 Å². The number of hydrogen-bond acceptors (Lipinski definition) is 5. The molecule has 0 bridgehead atoms. The highest BCUT2D eigenvalue weighted by Crippen LogP contribution is 2.27. The van der Waals surface area contributed by atoms with Crippen molar-refractivity contribution in [2.75, 3.05) is 13.2 Å². The lowest BCUT2D eigenvalue weighted by Gasteiger charge is -2.07. The SMILES string of the molecule is c1ccc(CSc2nc3ccccc3n2C2=NCCO2)nc1. The summed E-state index contributed by atoms with van der Waals surface area (Å²) < 4.78 is 7.64. The van der Waals surface area contributed by atoms with Crippen LogP contribution in [0.25, 0.3) is 11.0 Å². The van der Waals surface area contributed by atoms with Crippen molar-refractivity contribution in [2.45, 2.75) is 10.9 Å². The van der Waals surface area contributed by atoms with Crippen molar-refractivity contribution < 1.29 is 4.74 Å². The van der Waals surface area contributed by atoms with E-state index in [4.69, 9.17) is 9.72 Å². The second kappa shape index (κ2) is 5.81. The number of aliphatic imine (C=N–C) groups is 1. The molecule has 1 aromatic carbocycles. The molecule has 0 aliphatic carbocycles. The summed E-state index contributed by atoms with van der Waals surface area (Å²) in [6, 6.07) is 14.6. The highest BCUT2D eigenvalue weighted by molar-refractivity contribution is 7.98. The number of imidazole rings is 1. The molecule has 1 aliphatic heterocycles. The van der Waals surface area contributed by atoms with Gasteiger partial charge in [0.2, 0.25) is 0 Å². The van der Waals surface area contributed by atoms with Gasteiger partial charge < -0.3 is 4.74 Å². The van der Waals surface area contributed by atoms with Crippen LogP contribution in [0.4, 0.5) is 0 Å². The largest absolute Gasteiger partial charge is 0.463 e. The Hall–Kier alpha value is -2.34. The fourth-order valence-corrected chi connectivity index (χ4v) is 3.28. The third-order valence-electron chi connectivity index (χ3n) is 3.37. The van der Waals surface area contributed by atoms with E-state index in [1.165, 1.54) is 0 Å². The summed E-state index contributed by atoms with van der Waals surface area (Å²) in [5, 5.41) is 0.882. The van der Waals surface area contributed by atoms with Gasteiger partial charge in [-0.2, -0.15) is 0 Å². The lowest BCUT2D eigenvalue weighted by atomic mass is 10.3. The van der Waals surface area contributed by atoms with E-state index < -0.39 is 0 Å². The molecule has 22 heavy (non-hydrogen) atoms. The number of aromatic nitrogens is 3. The van der Waals surface area contributed by atoms with Crippen LogP contribution < -0.4 is 0 Å². The van der Waals surface area contributed by atoms with Crippen LogP contribution in [-0.2, 0) is 10.5 Å². The topological polar surface area (TPSA) is 52.3 Å². The number of thioether (sulfide) groups is 1. The maximum atomic E-state index is 5.64. The molecule has 0 unspecified atom stereocenters. The summed E-state index contributed by atoms with van der Waals surface area (Å²) >= 11 is 1.64. The molecule has 6 heteroatoms. The molecule has 5 nitrogen and oxygen atoms in total. The van der Waals surface area contributed by atoms with Gasteiger partial charge in [0.05, 0.1) is 23.3 Å². The van der Waals surface area contributed by atoms with Crippen LogP contribution in [0.5, 0.6) is 0 Å². The second-order valence-corrected chi connectivity index (χ2v) is 5.78. The zero-order valence-corrected chi connectivity index (χ0v) is 12.7. The maximum Gasteiger partial charge on any atom is 0.298 e. The number of para-hydroxylation sites is 2. The molecular weight excluding hydrogens is 296 g/mol. The average Bonchev–Trinajstić information content (AvgIpc) is 3.20. The van der Waals surface area contributed by atoms with E-state index in [0.717, 1.165) is 27.6 Å². The molecule has 0 saturated heterocycles. The molecular formula is C16H14N4OS. The Morgan fingerprint density at radius 3 is 2.86 bits per heavy atom. The first-order valence-electron chi connectivity index (χ1n) is 7.09. The zero-order chi connectivity index (χ0) is 14.8. The molecule has 110 valence electrons. The minimum atomic E-state index is 0.631. The highest BCUT2D eigenvalue weighted by Gasteiger charge is 2.19. The number of nitrogens with zero attached hydrogens (tertiary/aromatic N) is 4. The van der Waals surface area contributed by atoms with Gasteiger partial charge in [-0.3, -0.25) is 4.98 Å². The highest BCUT2D eigenvalue weighted by atomic mass is 32.2. The third kappa shape index (κ3) is 2.46. The van der Waals surface area contributed by atoms with Gasteiger partial charge in [0.1, 0.15) is 6.61 Å². The fraction of sp³-hybridized carbons (Fsp3) is 0.188. The predicted molar refractivity (Wildman–Crippen MR) is 87.2 cm³/mol. The summed E-state index contributed by atoms with van der Waals surface area (Å²) in [7, 11) is 0. The van der Waals surface area contributed by atoms with E-state index in [-0.39, 0.29) is 0 Å². The molecule has 0 spiro atoms. The summed E-state index contributed by atoms with van der Waals surface area (Å²) in [6.07, 6.45) is 1.81. The van der Waals surface area contributed by atoms with Crippen LogP contribution in [0.15, 0.2) is 58.8 Å². The van der Waals surface area contributed by atoms with Crippen LogP contribution >= 0.6 is 11.8 Å². The van der Waals surface area contributed by atoms with Crippen molar-refractivity contribution in [3.63, 3.8) is 0 Å². The van der Waals surface area contributed by atoms with Crippen molar-refractivity contribution in [3.05, 3.63) is 54.4 Å². The van der Waals surface area contributed by atoms with E-state index in [1.54, 1.807) is 11.8 Å². The van der Waals surface area contributed by atoms with Crippen LogP contribution in [0.2, 0.25) is 0 Å². The Bertz CT molecular complexity index is 829. The van der Waals surface area contributed by atoms with Crippen molar-refractivity contribution in [3.8, 4) is 0 Å². The Morgan fingerprint density at radius 2 is 2.05 bits per heavy atom. The molecule has 3 heterocycles. The minimum absolute atomic E-state index is 0.631. The maximum absolute atomic E-state index is 5.64. The van der Waals surface area contributed by atoms with Crippen LogP contribution in [0, 0.1) is 0 Å². The molecule has 0 atom stereocenters. The van der Waals surface area contributed by atoms with E-state index in [9.17, 15) is 0 Å². The van der Waals surface area contributed by atoms with Crippen LogP contribution in [-0.4, -0.2) is 33.7 Å². The van der Waals surface area contributed by atoms with Gasteiger partial charge in [-0.25, -0.2) is 14.5 Å². The van der Waals surface area contributed by atoms with Crippen molar-refractivity contribution in [2.24, 2.45) is 4.99 Å². The van der Waals surface area contributed by atoms with Crippen molar-refractivity contribution in [1.82, 2.24) is 14.5 Å². The lowest BCUT2D eigenvalue weighted by Crippen LogP contribution is -2.13. The summed E-state index contributed by atoms with van der Waals surface area (Å²) in [5.41, 5.74) is 3.00. The van der Waals surface area contributed by atoms with Gasteiger partial charge in [-0.05, 0) is 24.3 Å². The first kappa shape index (κ1) is 13.3. The van der Waals surface area contributed by atoms with Crippen LogP contribution in [0.1, 0.15) is 5.69 Å². The normalized spacial score (nSPS) is 14.1. The first-order valence-corrected chi connectivity index (χ1v) is 8.08. The molecule has 1 aliphatic rings. The second-order valence-electron chi connectivity index (χ2n) is 4.84. The average molecular weight is 310 g/mol. The van der Waals surface area contributed by atoms with E-state index >= 15 is 0 Å². The van der Waals surface area contributed by atoms with Gasteiger partial charge >= 0.3 is 0 Å². The van der Waals surface area contributed by atoms with Gasteiger partial charge in [-0.15, -0.1) is 0 Å². The van der Waals surface area contributed by atoms with Gasteiger partial charge in [0.25, 0.3) is 6.02 Å². The number of fused-ring (bicyclic) bond motifs is 1. The third-order valence-corrected chi connectivity index (χ3v) is 4.34. The number of ether oxygens (including phenoxy) is 1. The Balaban J connectivity index is 1.71. The lowest BCUT2D eigenvalue weighted by molar-refractivity contribution is 0.332. The molecule has 0 fully saturated rings. The Kier molecular flexibility index (Phi) is 3.52. The zero-order valence-electron chi connectivity index (χ0n) is 11.8. The standard InChI is InChI=1S/C16H14N4OS/c1-2-7-14-13(6-1)19-16(20(14)15-18-9-10-21-15)22-11-12-5-3-4-8-17-12/h1-8H,9-11H2.